The van der Waals surface area contributed by atoms with Crippen molar-refractivity contribution in [2.75, 3.05) is 13.1 Å². The van der Waals surface area contributed by atoms with Crippen LogP contribution in [0.4, 0.5) is 0 Å². The Labute approximate surface area is 66.8 Å². The average Bonchev–Trinajstić information content (AvgIpc) is 2.71. The van der Waals surface area contributed by atoms with Crippen LogP contribution in [0.15, 0.2) is 0 Å². The molecule has 0 aromatic rings. The Kier molecular flexibility index (Phi) is 2.88. The second-order valence-electron chi connectivity index (χ2n) is 3.34. The third kappa shape index (κ3) is 3.37. The molecule has 3 nitrogen and oxygen atoms in total. The van der Waals surface area contributed by atoms with E-state index in [0.717, 1.165) is 12.5 Å². The molecule has 1 fully saturated rings. The zero-order chi connectivity index (χ0) is 8.27. The van der Waals surface area contributed by atoms with Crippen molar-refractivity contribution in [1.29, 1.82) is 0 Å². The highest BCUT2D eigenvalue weighted by atomic mass is 16.4. The van der Waals surface area contributed by atoms with Gasteiger partial charge in [0.25, 0.3) is 0 Å². The monoisotopic (exact) mass is 157 g/mol. The van der Waals surface area contributed by atoms with Crippen LogP contribution in [0.5, 0.6) is 0 Å². The van der Waals surface area contributed by atoms with Gasteiger partial charge >= 0.3 is 5.97 Å². The number of aliphatic carboxylic acids is 1. The van der Waals surface area contributed by atoms with Crippen molar-refractivity contribution in [2.24, 2.45) is 11.8 Å². The van der Waals surface area contributed by atoms with Crippen LogP contribution in [-0.4, -0.2) is 24.2 Å². The van der Waals surface area contributed by atoms with E-state index in [1.807, 2.05) is 0 Å². The summed E-state index contributed by atoms with van der Waals surface area (Å²) < 4.78 is 0. The van der Waals surface area contributed by atoms with Gasteiger partial charge in [-0.25, -0.2) is 0 Å². The van der Waals surface area contributed by atoms with E-state index >= 15 is 0 Å². The first-order valence-corrected chi connectivity index (χ1v) is 4.13. The molecule has 0 aromatic heterocycles. The van der Waals surface area contributed by atoms with E-state index in [-0.39, 0.29) is 5.92 Å². The number of carboxylic acid groups (broad SMARTS) is 1. The lowest BCUT2D eigenvalue weighted by Gasteiger charge is -2.06. The normalized spacial score (nSPS) is 19.7. The van der Waals surface area contributed by atoms with E-state index in [2.05, 4.69) is 5.32 Å². The summed E-state index contributed by atoms with van der Waals surface area (Å²) in [6, 6.07) is 0. The van der Waals surface area contributed by atoms with E-state index in [1.165, 1.54) is 12.8 Å². The molecular formula is C8H15NO2. The smallest absolute Gasteiger partial charge is 0.307 e. The second kappa shape index (κ2) is 3.72. The van der Waals surface area contributed by atoms with Crippen LogP contribution in [0, 0.1) is 11.8 Å². The molecule has 2 N–H and O–H groups in total. The lowest BCUT2D eigenvalue weighted by atomic mass is 10.2. The molecule has 1 unspecified atom stereocenters. The molecule has 1 atom stereocenters. The van der Waals surface area contributed by atoms with Crippen LogP contribution in [0.1, 0.15) is 19.8 Å². The molecule has 0 heterocycles. The fourth-order valence-electron chi connectivity index (χ4n) is 0.913. The highest BCUT2D eigenvalue weighted by Crippen LogP contribution is 2.27. The lowest BCUT2D eigenvalue weighted by Crippen LogP contribution is -2.27. The number of carboxylic acids is 1. The van der Waals surface area contributed by atoms with Gasteiger partial charge in [-0.3, -0.25) is 4.79 Å². The molecular weight excluding hydrogens is 142 g/mol. The molecule has 0 spiro atoms. The Bertz CT molecular complexity index is 143. The third-order valence-electron chi connectivity index (χ3n) is 2.00. The van der Waals surface area contributed by atoms with Crippen molar-refractivity contribution in [1.82, 2.24) is 5.32 Å². The molecule has 0 amide bonds. The van der Waals surface area contributed by atoms with Crippen molar-refractivity contribution in [3.05, 3.63) is 0 Å². The fourth-order valence-corrected chi connectivity index (χ4v) is 0.913. The number of hydrogen-bond donors (Lipinski definition) is 2. The lowest BCUT2D eigenvalue weighted by molar-refractivity contribution is -0.140. The van der Waals surface area contributed by atoms with Crippen molar-refractivity contribution in [3.63, 3.8) is 0 Å². The van der Waals surface area contributed by atoms with Crippen LogP contribution < -0.4 is 5.32 Å². The molecule has 1 rings (SSSR count). The van der Waals surface area contributed by atoms with Crippen LogP contribution in [0.25, 0.3) is 0 Å². The Morgan fingerprint density at radius 3 is 2.82 bits per heavy atom. The molecule has 0 radical (unpaired) electrons. The summed E-state index contributed by atoms with van der Waals surface area (Å²) in [5.41, 5.74) is 0. The van der Waals surface area contributed by atoms with E-state index in [0.29, 0.717) is 6.54 Å². The third-order valence-corrected chi connectivity index (χ3v) is 2.00. The summed E-state index contributed by atoms with van der Waals surface area (Å²) >= 11 is 0. The topological polar surface area (TPSA) is 49.3 Å². The van der Waals surface area contributed by atoms with Gasteiger partial charge in [0.2, 0.25) is 0 Å². The van der Waals surface area contributed by atoms with Gasteiger partial charge in [-0.15, -0.1) is 0 Å². The highest BCUT2D eigenvalue weighted by molar-refractivity contribution is 5.69. The van der Waals surface area contributed by atoms with Gasteiger partial charge in [0.1, 0.15) is 0 Å². The highest BCUT2D eigenvalue weighted by Gasteiger charge is 2.21. The fraction of sp³-hybridized carbons (Fsp3) is 0.875. The van der Waals surface area contributed by atoms with E-state index < -0.39 is 5.97 Å². The van der Waals surface area contributed by atoms with Gasteiger partial charge < -0.3 is 10.4 Å². The SMILES string of the molecule is CC(CNCC1CC1)C(=O)O. The molecule has 64 valence electrons. The Morgan fingerprint density at radius 2 is 2.36 bits per heavy atom. The Morgan fingerprint density at radius 1 is 1.73 bits per heavy atom. The van der Waals surface area contributed by atoms with Crippen LogP contribution in [0.3, 0.4) is 0 Å². The summed E-state index contributed by atoms with van der Waals surface area (Å²) in [6.07, 6.45) is 2.63. The molecule has 0 saturated heterocycles. The maximum absolute atomic E-state index is 10.4. The molecule has 1 saturated carbocycles. The largest absolute Gasteiger partial charge is 0.481 e. The molecule has 11 heavy (non-hydrogen) atoms. The van der Waals surface area contributed by atoms with Gasteiger partial charge in [0.15, 0.2) is 0 Å². The summed E-state index contributed by atoms with van der Waals surface area (Å²) in [5, 5.41) is 11.7. The molecule has 0 aromatic carbocycles. The molecule has 0 bridgehead atoms. The van der Waals surface area contributed by atoms with Crippen molar-refractivity contribution < 1.29 is 9.90 Å². The maximum Gasteiger partial charge on any atom is 0.307 e. The van der Waals surface area contributed by atoms with E-state index in [9.17, 15) is 4.79 Å². The summed E-state index contributed by atoms with van der Waals surface area (Å²) in [5.74, 6) is -0.141. The zero-order valence-electron chi connectivity index (χ0n) is 6.84. The Hall–Kier alpha value is -0.570. The average molecular weight is 157 g/mol. The minimum absolute atomic E-state index is 0.256. The van der Waals surface area contributed by atoms with Crippen LogP contribution >= 0.6 is 0 Å². The van der Waals surface area contributed by atoms with Gasteiger partial charge in [-0.05, 0) is 25.3 Å². The first-order valence-electron chi connectivity index (χ1n) is 4.13. The molecule has 1 aliphatic carbocycles. The van der Waals surface area contributed by atoms with Gasteiger partial charge in [0.05, 0.1) is 5.92 Å². The minimum atomic E-state index is -0.715. The maximum atomic E-state index is 10.4. The summed E-state index contributed by atoms with van der Waals surface area (Å²) in [6.45, 7) is 3.33. The summed E-state index contributed by atoms with van der Waals surface area (Å²) in [7, 11) is 0. The Balaban J connectivity index is 1.96. The van der Waals surface area contributed by atoms with Crippen LogP contribution in [0.2, 0.25) is 0 Å². The van der Waals surface area contributed by atoms with Gasteiger partial charge in [-0.2, -0.15) is 0 Å². The zero-order valence-corrected chi connectivity index (χ0v) is 6.84. The van der Waals surface area contributed by atoms with Crippen molar-refractivity contribution in [3.8, 4) is 0 Å². The summed E-state index contributed by atoms with van der Waals surface area (Å²) in [4.78, 5) is 10.4. The van der Waals surface area contributed by atoms with Crippen molar-refractivity contribution >= 4 is 5.97 Å². The van der Waals surface area contributed by atoms with E-state index in [1.54, 1.807) is 6.92 Å². The number of hydrogen-bond acceptors (Lipinski definition) is 2. The molecule has 3 heteroatoms. The quantitative estimate of drug-likeness (QED) is 0.617. The minimum Gasteiger partial charge on any atom is -0.481 e. The second-order valence-corrected chi connectivity index (χ2v) is 3.34. The number of rotatable bonds is 5. The van der Waals surface area contributed by atoms with Gasteiger partial charge in [0, 0.05) is 6.54 Å². The standard InChI is InChI=1S/C8H15NO2/c1-6(8(10)11)4-9-5-7-2-3-7/h6-7,9H,2-5H2,1H3,(H,10,11). The van der Waals surface area contributed by atoms with Crippen LogP contribution in [-0.2, 0) is 4.79 Å². The first-order chi connectivity index (χ1) is 5.20. The number of carbonyl (C=O) groups is 1. The predicted molar refractivity (Wildman–Crippen MR) is 42.4 cm³/mol. The van der Waals surface area contributed by atoms with E-state index in [4.69, 9.17) is 5.11 Å². The molecule has 1 aliphatic rings. The van der Waals surface area contributed by atoms with Crippen molar-refractivity contribution in [2.45, 2.75) is 19.8 Å². The first kappa shape index (κ1) is 8.53. The molecule has 0 aliphatic heterocycles. The van der Waals surface area contributed by atoms with Gasteiger partial charge in [-0.1, -0.05) is 6.92 Å². The number of nitrogens with one attached hydrogen (secondary N) is 1. The predicted octanol–water partition coefficient (Wildman–Crippen LogP) is 0.707.